The summed E-state index contributed by atoms with van der Waals surface area (Å²) in [6.45, 7) is 1.93. The van der Waals surface area contributed by atoms with E-state index >= 15 is 0 Å². The molecule has 0 spiro atoms. The van der Waals surface area contributed by atoms with Crippen LogP contribution in [0.3, 0.4) is 0 Å². The summed E-state index contributed by atoms with van der Waals surface area (Å²) in [5, 5.41) is 6.32. The van der Waals surface area contributed by atoms with Gasteiger partial charge in [0.05, 0.1) is 0 Å². The molecule has 3 nitrogen and oxygen atoms in total. The second-order valence-corrected chi connectivity index (χ2v) is 6.75. The van der Waals surface area contributed by atoms with Crippen LogP contribution < -0.4 is 10.6 Å². The smallest absolute Gasteiger partial charge is 0.220 e. The largest absolute Gasteiger partial charge is 0.352 e. The van der Waals surface area contributed by atoms with Gasteiger partial charge in [0.15, 0.2) is 0 Å². The van der Waals surface area contributed by atoms with E-state index in [-0.39, 0.29) is 5.91 Å². The van der Waals surface area contributed by atoms with Gasteiger partial charge in [-0.05, 0) is 49.4 Å². The Hall–Kier alpha value is -0.520. The van der Waals surface area contributed by atoms with E-state index in [0.717, 1.165) is 36.2 Å². The number of rotatable bonds is 6. The number of halogens is 1. The summed E-state index contributed by atoms with van der Waals surface area (Å²) in [5.74, 6) is 1.17. The van der Waals surface area contributed by atoms with Gasteiger partial charge < -0.3 is 10.6 Å². The molecule has 0 aliphatic carbocycles. The first-order valence-electron chi connectivity index (χ1n) is 6.62. The zero-order chi connectivity index (χ0) is 13.5. The molecule has 0 radical (unpaired) electrons. The summed E-state index contributed by atoms with van der Waals surface area (Å²) in [7, 11) is 0. The van der Waals surface area contributed by atoms with E-state index in [1.807, 2.05) is 12.1 Å². The summed E-state index contributed by atoms with van der Waals surface area (Å²) in [6.07, 6.45) is 2.60. The number of carbonyl (C=O) groups excluding carboxylic acids is 1. The van der Waals surface area contributed by atoms with Gasteiger partial charge in [-0.25, -0.2) is 0 Å². The van der Waals surface area contributed by atoms with E-state index in [9.17, 15) is 4.79 Å². The van der Waals surface area contributed by atoms with E-state index in [4.69, 9.17) is 0 Å². The van der Waals surface area contributed by atoms with Crippen molar-refractivity contribution in [3.8, 4) is 0 Å². The van der Waals surface area contributed by atoms with Gasteiger partial charge in [0.1, 0.15) is 0 Å². The molecule has 1 aliphatic heterocycles. The van der Waals surface area contributed by atoms with Gasteiger partial charge in [0, 0.05) is 28.4 Å². The minimum atomic E-state index is 0.185. The fraction of sp³-hybridized carbons (Fsp3) is 0.500. The van der Waals surface area contributed by atoms with Crippen LogP contribution >= 0.6 is 27.7 Å². The van der Waals surface area contributed by atoms with Crippen molar-refractivity contribution >= 4 is 33.6 Å². The zero-order valence-electron chi connectivity index (χ0n) is 10.8. The van der Waals surface area contributed by atoms with E-state index in [1.165, 1.54) is 4.90 Å². The van der Waals surface area contributed by atoms with Crippen LogP contribution in [0.25, 0.3) is 0 Å². The van der Waals surface area contributed by atoms with Crippen molar-refractivity contribution in [3.05, 3.63) is 28.7 Å². The van der Waals surface area contributed by atoms with E-state index in [2.05, 4.69) is 38.7 Å². The molecule has 1 heterocycles. The van der Waals surface area contributed by atoms with E-state index < -0.39 is 0 Å². The highest BCUT2D eigenvalue weighted by Crippen LogP contribution is 2.21. The van der Waals surface area contributed by atoms with Crippen molar-refractivity contribution in [3.63, 3.8) is 0 Å². The molecule has 104 valence electrons. The third-order valence-corrected chi connectivity index (χ3v) is 4.68. The monoisotopic (exact) mass is 342 g/mol. The third kappa shape index (κ3) is 5.55. The number of carbonyl (C=O) groups is 1. The van der Waals surface area contributed by atoms with Crippen molar-refractivity contribution < 1.29 is 4.79 Å². The van der Waals surface area contributed by atoms with Crippen LogP contribution in [0.15, 0.2) is 33.6 Å². The normalized spacial score (nSPS) is 18.5. The number of amides is 1. The lowest BCUT2D eigenvalue weighted by atomic mass is 10.2. The molecule has 0 bridgehead atoms. The van der Waals surface area contributed by atoms with Crippen LogP contribution in [0.2, 0.25) is 0 Å². The molecule has 1 fully saturated rings. The Labute approximate surface area is 127 Å². The summed E-state index contributed by atoms with van der Waals surface area (Å²) in [4.78, 5) is 13.0. The lowest BCUT2D eigenvalue weighted by molar-refractivity contribution is -0.121. The second kappa shape index (κ2) is 7.92. The highest BCUT2D eigenvalue weighted by molar-refractivity contribution is 9.10. The quantitative estimate of drug-likeness (QED) is 0.617. The lowest BCUT2D eigenvalue weighted by Gasteiger charge is -2.10. The summed E-state index contributed by atoms with van der Waals surface area (Å²) in [6, 6.07) is 8.62. The third-order valence-electron chi connectivity index (χ3n) is 3.06. The van der Waals surface area contributed by atoms with Gasteiger partial charge in [-0.2, -0.15) is 0 Å². The minimum Gasteiger partial charge on any atom is -0.352 e. The molecule has 0 saturated carbocycles. The van der Waals surface area contributed by atoms with E-state index in [1.54, 1.807) is 11.8 Å². The molecule has 1 amide bonds. The maximum absolute atomic E-state index is 11.7. The standard InChI is InChI=1S/C14H19BrN2OS/c15-11-3-5-13(6-4-11)19-9-1-2-14(18)17-12-7-8-16-10-12/h3-6,12,16H,1-2,7-10H2,(H,17,18). The number of nitrogens with one attached hydrogen (secondary N) is 2. The van der Waals surface area contributed by atoms with Crippen molar-refractivity contribution in [2.24, 2.45) is 0 Å². The van der Waals surface area contributed by atoms with Crippen molar-refractivity contribution in [2.45, 2.75) is 30.2 Å². The maximum atomic E-state index is 11.7. The molecular weight excluding hydrogens is 324 g/mol. The van der Waals surface area contributed by atoms with Crippen LogP contribution in [0.4, 0.5) is 0 Å². The molecule has 1 unspecified atom stereocenters. The summed E-state index contributed by atoms with van der Waals surface area (Å²) < 4.78 is 1.10. The van der Waals surface area contributed by atoms with Crippen LogP contribution in [0.1, 0.15) is 19.3 Å². The fourth-order valence-electron chi connectivity index (χ4n) is 2.03. The Bertz CT molecular complexity index is 404. The molecule has 1 atom stereocenters. The first-order valence-corrected chi connectivity index (χ1v) is 8.40. The Morgan fingerprint density at radius 1 is 1.42 bits per heavy atom. The lowest BCUT2D eigenvalue weighted by Crippen LogP contribution is -2.36. The van der Waals surface area contributed by atoms with Gasteiger partial charge in [-0.1, -0.05) is 15.9 Å². The maximum Gasteiger partial charge on any atom is 0.220 e. The Balaban J connectivity index is 1.58. The van der Waals surface area contributed by atoms with Crippen LogP contribution in [0, 0.1) is 0 Å². The molecule has 19 heavy (non-hydrogen) atoms. The molecule has 0 aromatic heterocycles. The highest BCUT2D eigenvalue weighted by Gasteiger charge is 2.15. The first kappa shape index (κ1) is 14.9. The molecule has 2 N–H and O–H groups in total. The second-order valence-electron chi connectivity index (χ2n) is 4.66. The summed E-state index contributed by atoms with van der Waals surface area (Å²) in [5.41, 5.74) is 0. The Morgan fingerprint density at radius 2 is 2.21 bits per heavy atom. The molecule has 2 rings (SSSR count). The van der Waals surface area contributed by atoms with Gasteiger partial charge in [-0.15, -0.1) is 11.8 Å². The molecule has 1 aromatic carbocycles. The number of hydrogen-bond acceptors (Lipinski definition) is 3. The van der Waals surface area contributed by atoms with E-state index in [0.29, 0.717) is 12.5 Å². The predicted molar refractivity (Wildman–Crippen MR) is 83.5 cm³/mol. The van der Waals surface area contributed by atoms with Crippen LogP contribution in [-0.4, -0.2) is 30.8 Å². The summed E-state index contributed by atoms with van der Waals surface area (Å²) >= 11 is 5.22. The zero-order valence-corrected chi connectivity index (χ0v) is 13.2. The topological polar surface area (TPSA) is 41.1 Å². The predicted octanol–water partition coefficient (Wildman–Crippen LogP) is 2.80. The van der Waals surface area contributed by atoms with Crippen LogP contribution in [-0.2, 0) is 4.79 Å². The fourth-order valence-corrected chi connectivity index (χ4v) is 3.15. The van der Waals surface area contributed by atoms with Gasteiger partial charge in [0.2, 0.25) is 5.91 Å². The molecule has 5 heteroatoms. The van der Waals surface area contributed by atoms with Crippen LogP contribution in [0.5, 0.6) is 0 Å². The van der Waals surface area contributed by atoms with Crippen molar-refractivity contribution in [2.75, 3.05) is 18.8 Å². The van der Waals surface area contributed by atoms with Gasteiger partial charge in [-0.3, -0.25) is 4.79 Å². The average molecular weight is 343 g/mol. The average Bonchev–Trinajstić information content (AvgIpc) is 2.89. The minimum absolute atomic E-state index is 0.185. The molecule has 1 saturated heterocycles. The molecule has 1 aliphatic rings. The molecule has 1 aromatic rings. The van der Waals surface area contributed by atoms with Gasteiger partial charge in [0.25, 0.3) is 0 Å². The number of thioether (sulfide) groups is 1. The highest BCUT2D eigenvalue weighted by atomic mass is 79.9. The Morgan fingerprint density at radius 3 is 2.89 bits per heavy atom. The van der Waals surface area contributed by atoms with Crippen molar-refractivity contribution in [1.82, 2.24) is 10.6 Å². The van der Waals surface area contributed by atoms with Gasteiger partial charge >= 0.3 is 0 Å². The molecular formula is C14H19BrN2OS. The SMILES string of the molecule is O=C(CCCSc1ccc(Br)cc1)NC1CCNC1. The number of benzene rings is 1. The van der Waals surface area contributed by atoms with Crippen molar-refractivity contribution in [1.29, 1.82) is 0 Å². The first-order chi connectivity index (χ1) is 9.24. The number of hydrogen-bond donors (Lipinski definition) is 2. The Kier molecular flexibility index (Phi) is 6.20.